The van der Waals surface area contributed by atoms with Gasteiger partial charge in [0.05, 0.1) is 0 Å². The van der Waals surface area contributed by atoms with E-state index in [4.69, 9.17) is 16.3 Å². The zero-order chi connectivity index (χ0) is 12.5. The van der Waals surface area contributed by atoms with E-state index < -0.39 is 0 Å². The van der Waals surface area contributed by atoms with Crippen molar-refractivity contribution >= 4 is 17.5 Å². The molecule has 0 radical (unpaired) electrons. The summed E-state index contributed by atoms with van der Waals surface area (Å²) >= 11 is 5.68. The van der Waals surface area contributed by atoms with Crippen molar-refractivity contribution in [2.45, 2.75) is 12.6 Å². The van der Waals surface area contributed by atoms with Gasteiger partial charge >= 0.3 is 0 Å². The van der Waals surface area contributed by atoms with E-state index in [9.17, 15) is 4.79 Å². The van der Waals surface area contributed by atoms with Crippen LogP contribution >= 0.6 is 11.6 Å². The molecule has 0 bridgehead atoms. The molecular formula is C13H15ClN2O2. The van der Waals surface area contributed by atoms with Gasteiger partial charge in [-0.1, -0.05) is 6.07 Å². The summed E-state index contributed by atoms with van der Waals surface area (Å²) < 4.78 is 5.94. The summed E-state index contributed by atoms with van der Waals surface area (Å²) in [4.78, 5) is 13.8. The van der Waals surface area contributed by atoms with Crippen LogP contribution in [0.2, 0.25) is 0 Å². The van der Waals surface area contributed by atoms with Crippen LogP contribution in [0.3, 0.4) is 0 Å². The van der Waals surface area contributed by atoms with E-state index in [2.05, 4.69) is 10.2 Å². The lowest BCUT2D eigenvalue weighted by molar-refractivity contribution is 0.0238. The van der Waals surface area contributed by atoms with Crippen molar-refractivity contribution in [3.8, 4) is 5.75 Å². The van der Waals surface area contributed by atoms with Gasteiger partial charge in [0.1, 0.15) is 11.9 Å². The summed E-state index contributed by atoms with van der Waals surface area (Å²) in [6.07, 6.45) is 0.218. The molecule has 3 rings (SSSR count). The van der Waals surface area contributed by atoms with Gasteiger partial charge in [-0.05, 0) is 12.1 Å². The highest BCUT2D eigenvalue weighted by atomic mass is 35.5. The Morgan fingerprint density at radius 2 is 2.28 bits per heavy atom. The Balaban J connectivity index is 1.66. The number of nitrogens with zero attached hydrogens (tertiary/aromatic N) is 1. The first-order valence-corrected chi connectivity index (χ1v) is 6.66. The highest BCUT2D eigenvalue weighted by Gasteiger charge is 2.30. The molecular weight excluding hydrogens is 252 g/mol. The normalized spacial score (nSPS) is 19.3. The Morgan fingerprint density at radius 3 is 3.06 bits per heavy atom. The van der Waals surface area contributed by atoms with E-state index in [1.807, 2.05) is 18.2 Å². The lowest BCUT2D eigenvalue weighted by Gasteiger charge is -2.38. The van der Waals surface area contributed by atoms with Crippen LogP contribution in [0, 0.1) is 0 Å². The zero-order valence-electron chi connectivity index (χ0n) is 9.99. The second-order valence-corrected chi connectivity index (χ2v) is 5.03. The highest BCUT2D eigenvalue weighted by Crippen LogP contribution is 2.28. The fraction of sp³-hybridized carbons (Fsp3) is 0.462. The van der Waals surface area contributed by atoms with E-state index >= 15 is 0 Å². The van der Waals surface area contributed by atoms with Gasteiger partial charge in [-0.2, -0.15) is 0 Å². The molecule has 1 saturated heterocycles. The van der Waals surface area contributed by atoms with Gasteiger partial charge in [0.2, 0.25) is 0 Å². The fourth-order valence-corrected chi connectivity index (χ4v) is 2.65. The molecule has 5 heteroatoms. The number of amides is 1. The molecule has 0 spiro atoms. The van der Waals surface area contributed by atoms with Crippen LogP contribution in [-0.4, -0.2) is 42.4 Å². The second kappa shape index (κ2) is 4.78. The predicted molar refractivity (Wildman–Crippen MR) is 69.2 cm³/mol. The van der Waals surface area contributed by atoms with Crippen molar-refractivity contribution < 1.29 is 9.53 Å². The smallest absolute Gasteiger partial charge is 0.252 e. The number of benzene rings is 1. The molecule has 0 atom stereocenters. The molecule has 2 aliphatic heterocycles. The largest absolute Gasteiger partial charge is 0.487 e. The lowest BCUT2D eigenvalue weighted by Crippen LogP contribution is -2.54. The number of halogens is 1. The average molecular weight is 267 g/mol. The summed E-state index contributed by atoms with van der Waals surface area (Å²) in [6.45, 7) is 3.31. The molecule has 1 N–H and O–H groups in total. The maximum atomic E-state index is 11.5. The minimum atomic E-state index is -0.00664. The molecule has 1 amide bonds. The van der Waals surface area contributed by atoms with E-state index in [1.165, 1.54) is 0 Å². The molecule has 2 heterocycles. The van der Waals surface area contributed by atoms with Crippen molar-refractivity contribution in [2.75, 3.05) is 25.5 Å². The molecule has 0 saturated carbocycles. The number of nitrogens with one attached hydrogen (secondary N) is 1. The van der Waals surface area contributed by atoms with Crippen molar-refractivity contribution in [1.29, 1.82) is 0 Å². The summed E-state index contributed by atoms with van der Waals surface area (Å²) in [5.41, 5.74) is 1.72. The molecule has 1 fully saturated rings. The Bertz CT molecular complexity index is 472. The third-order valence-electron chi connectivity index (χ3n) is 3.42. The van der Waals surface area contributed by atoms with Crippen molar-refractivity contribution in [3.63, 3.8) is 0 Å². The molecule has 0 unspecified atom stereocenters. The Labute approximate surface area is 111 Å². The number of hydrogen-bond donors (Lipinski definition) is 1. The first-order valence-electron chi connectivity index (χ1n) is 6.13. The SMILES string of the molecule is O=C1NCc2c(OC3CN(CCCl)C3)cccc21. The van der Waals surface area contributed by atoms with Crippen LogP contribution in [-0.2, 0) is 6.54 Å². The van der Waals surface area contributed by atoms with Gasteiger partial charge in [-0.25, -0.2) is 0 Å². The predicted octanol–water partition coefficient (Wildman–Crippen LogP) is 1.23. The van der Waals surface area contributed by atoms with Crippen molar-refractivity contribution in [3.05, 3.63) is 29.3 Å². The fourth-order valence-electron chi connectivity index (χ4n) is 2.41. The monoisotopic (exact) mass is 266 g/mol. The van der Waals surface area contributed by atoms with Crippen LogP contribution in [0.15, 0.2) is 18.2 Å². The van der Waals surface area contributed by atoms with Gasteiger partial charge in [-0.3, -0.25) is 9.69 Å². The number of carbonyl (C=O) groups is 1. The Kier molecular flexibility index (Phi) is 3.14. The maximum Gasteiger partial charge on any atom is 0.252 e. The third-order valence-corrected chi connectivity index (χ3v) is 3.59. The topological polar surface area (TPSA) is 41.6 Å². The van der Waals surface area contributed by atoms with Crippen molar-refractivity contribution in [2.24, 2.45) is 0 Å². The first-order chi connectivity index (χ1) is 8.78. The Morgan fingerprint density at radius 1 is 1.44 bits per heavy atom. The standard InChI is InChI=1S/C13H15ClN2O2/c14-4-5-16-7-9(8-16)18-12-3-1-2-10-11(12)6-15-13(10)17/h1-3,9H,4-8H2,(H,15,17). The second-order valence-electron chi connectivity index (χ2n) is 4.65. The Hall–Kier alpha value is -1.26. The number of ether oxygens (including phenoxy) is 1. The van der Waals surface area contributed by atoms with Crippen LogP contribution < -0.4 is 10.1 Å². The van der Waals surface area contributed by atoms with E-state index in [0.29, 0.717) is 12.4 Å². The molecule has 4 nitrogen and oxygen atoms in total. The number of hydrogen-bond acceptors (Lipinski definition) is 3. The van der Waals surface area contributed by atoms with E-state index in [1.54, 1.807) is 0 Å². The third kappa shape index (κ3) is 2.06. The van der Waals surface area contributed by atoms with Crippen molar-refractivity contribution in [1.82, 2.24) is 10.2 Å². The zero-order valence-corrected chi connectivity index (χ0v) is 10.7. The summed E-state index contributed by atoms with van der Waals surface area (Å²) in [7, 11) is 0. The number of fused-ring (bicyclic) bond motifs is 1. The van der Waals surface area contributed by atoms with Gasteiger partial charge in [0, 0.05) is 43.2 Å². The van der Waals surface area contributed by atoms with E-state index in [0.717, 1.165) is 36.5 Å². The molecule has 2 aliphatic rings. The minimum absolute atomic E-state index is 0.00664. The number of likely N-dealkylation sites (tertiary alicyclic amines) is 1. The lowest BCUT2D eigenvalue weighted by atomic mass is 10.1. The number of alkyl halides is 1. The quantitative estimate of drug-likeness (QED) is 0.834. The van der Waals surface area contributed by atoms with Crippen LogP contribution in [0.1, 0.15) is 15.9 Å². The molecule has 18 heavy (non-hydrogen) atoms. The maximum absolute atomic E-state index is 11.5. The minimum Gasteiger partial charge on any atom is -0.487 e. The molecule has 1 aromatic rings. The van der Waals surface area contributed by atoms with Crippen LogP contribution in [0.25, 0.3) is 0 Å². The summed E-state index contributed by atoms with van der Waals surface area (Å²) in [5.74, 6) is 1.49. The summed E-state index contributed by atoms with van der Waals surface area (Å²) in [5, 5.41) is 2.82. The number of carbonyl (C=O) groups excluding carboxylic acids is 1. The van der Waals surface area contributed by atoms with Crippen LogP contribution in [0.4, 0.5) is 0 Å². The van der Waals surface area contributed by atoms with Gasteiger partial charge in [0.15, 0.2) is 0 Å². The van der Waals surface area contributed by atoms with E-state index in [-0.39, 0.29) is 12.0 Å². The molecule has 96 valence electrons. The molecule has 0 aliphatic carbocycles. The number of rotatable bonds is 4. The van der Waals surface area contributed by atoms with Gasteiger partial charge < -0.3 is 10.1 Å². The van der Waals surface area contributed by atoms with Gasteiger partial charge in [0.25, 0.3) is 5.91 Å². The van der Waals surface area contributed by atoms with Crippen LogP contribution in [0.5, 0.6) is 5.75 Å². The molecule has 1 aromatic carbocycles. The van der Waals surface area contributed by atoms with Gasteiger partial charge in [-0.15, -0.1) is 11.6 Å². The highest BCUT2D eigenvalue weighted by molar-refractivity contribution is 6.18. The summed E-state index contributed by atoms with van der Waals surface area (Å²) in [6, 6.07) is 5.64. The first kappa shape index (κ1) is 11.8. The average Bonchev–Trinajstić information content (AvgIpc) is 2.70. The molecule has 0 aromatic heterocycles.